The molecule has 4 N–H and O–H groups in total. The van der Waals surface area contributed by atoms with E-state index in [1.165, 1.54) is 11.3 Å². The molecule has 9 heteroatoms. The standard InChI is InChI=1S/C23H22N6O2S/c1-13-2-5-15(11-25-13)20-17-8-9-18-22(32-23(26-18)27-19(31)12-30)21(17)29(28-20)16-6-3-14(10-24)4-7-16/h2-7,11,30H,8-10,12,24H2,1H3,(H,26,27,31). The van der Waals surface area contributed by atoms with Crippen LogP contribution in [0.5, 0.6) is 0 Å². The first-order chi connectivity index (χ1) is 15.6. The third kappa shape index (κ3) is 3.60. The average Bonchev–Trinajstić information content (AvgIpc) is 3.40. The fourth-order valence-corrected chi connectivity index (χ4v) is 4.97. The van der Waals surface area contributed by atoms with Crippen molar-refractivity contribution in [3.63, 3.8) is 0 Å². The molecule has 0 saturated heterocycles. The summed E-state index contributed by atoms with van der Waals surface area (Å²) in [6.45, 7) is 1.86. The third-order valence-corrected chi connectivity index (χ3v) is 6.52. The van der Waals surface area contributed by atoms with E-state index in [2.05, 4.69) is 15.3 Å². The van der Waals surface area contributed by atoms with Crippen LogP contribution < -0.4 is 11.1 Å². The monoisotopic (exact) mass is 446 g/mol. The lowest BCUT2D eigenvalue weighted by molar-refractivity contribution is -0.118. The van der Waals surface area contributed by atoms with Gasteiger partial charge in [0, 0.05) is 29.6 Å². The maximum Gasteiger partial charge on any atom is 0.251 e. The first-order valence-corrected chi connectivity index (χ1v) is 11.1. The fraction of sp³-hybridized carbons (Fsp3) is 0.217. The Labute approximate surface area is 188 Å². The van der Waals surface area contributed by atoms with Crippen LogP contribution in [0.25, 0.3) is 27.5 Å². The molecule has 0 radical (unpaired) electrons. The molecule has 4 aromatic rings. The Hall–Kier alpha value is -3.40. The van der Waals surface area contributed by atoms with Gasteiger partial charge in [-0.3, -0.25) is 15.1 Å². The minimum atomic E-state index is -0.578. The van der Waals surface area contributed by atoms with Gasteiger partial charge < -0.3 is 10.8 Å². The second-order valence-electron chi connectivity index (χ2n) is 7.65. The van der Waals surface area contributed by atoms with E-state index >= 15 is 0 Å². The number of nitrogens with two attached hydrogens (primary N) is 1. The summed E-state index contributed by atoms with van der Waals surface area (Å²) in [4.78, 5) is 21.7. The van der Waals surface area contributed by atoms with Crippen LogP contribution in [0.1, 0.15) is 22.5 Å². The molecular formula is C23H22N6O2S. The molecule has 8 nitrogen and oxygen atoms in total. The molecular weight excluding hydrogens is 424 g/mol. The van der Waals surface area contributed by atoms with E-state index in [4.69, 9.17) is 15.9 Å². The Bertz CT molecular complexity index is 1290. The van der Waals surface area contributed by atoms with Crippen LogP contribution >= 0.6 is 11.3 Å². The molecule has 0 spiro atoms. The van der Waals surface area contributed by atoms with Gasteiger partial charge in [0.1, 0.15) is 6.61 Å². The molecule has 5 rings (SSSR count). The topological polar surface area (TPSA) is 119 Å². The van der Waals surface area contributed by atoms with Crippen LogP contribution in [0.15, 0.2) is 42.6 Å². The van der Waals surface area contributed by atoms with Crippen molar-refractivity contribution in [1.29, 1.82) is 0 Å². The predicted molar refractivity (Wildman–Crippen MR) is 124 cm³/mol. The Morgan fingerprint density at radius 3 is 2.72 bits per heavy atom. The van der Waals surface area contributed by atoms with Gasteiger partial charge in [-0.1, -0.05) is 23.5 Å². The number of nitrogens with one attached hydrogen (secondary N) is 1. The zero-order valence-electron chi connectivity index (χ0n) is 17.5. The van der Waals surface area contributed by atoms with Crippen LogP contribution in [-0.2, 0) is 24.2 Å². The van der Waals surface area contributed by atoms with Crippen molar-refractivity contribution in [3.8, 4) is 27.5 Å². The number of hydrogen-bond acceptors (Lipinski definition) is 7. The molecule has 3 aromatic heterocycles. The maximum absolute atomic E-state index is 11.7. The number of amides is 1. The number of aromatic nitrogens is 4. The minimum Gasteiger partial charge on any atom is -0.387 e. The first kappa shape index (κ1) is 20.5. The quantitative estimate of drug-likeness (QED) is 0.434. The summed E-state index contributed by atoms with van der Waals surface area (Å²) in [6, 6.07) is 12.1. The van der Waals surface area contributed by atoms with E-state index in [1.807, 2.05) is 54.2 Å². The largest absolute Gasteiger partial charge is 0.387 e. The molecule has 0 atom stereocenters. The highest BCUT2D eigenvalue weighted by atomic mass is 32.1. The first-order valence-electron chi connectivity index (χ1n) is 10.3. The number of thiazole rings is 1. The highest BCUT2D eigenvalue weighted by Crippen LogP contribution is 2.44. The maximum atomic E-state index is 11.7. The van der Waals surface area contributed by atoms with Gasteiger partial charge in [-0.25, -0.2) is 9.67 Å². The van der Waals surface area contributed by atoms with E-state index in [0.29, 0.717) is 11.7 Å². The van der Waals surface area contributed by atoms with Gasteiger partial charge in [-0.2, -0.15) is 5.10 Å². The van der Waals surface area contributed by atoms with Gasteiger partial charge in [0.05, 0.1) is 27.6 Å². The van der Waals surface area contributed by atoms with Crippen molar-refractivity contribution in [2.24, 2.45) is 5.73 Å². The van der Waals surface area contributed by atoms with E-state index < -0.39 is 12.5 Å². The van der Waals surface area contributed by atoms with Gasteiger partial charge in [0.15, 0.2) is 5.13 Å². The van der Waals surface area contributed by atoms with Crippen LogP contribution in [0.4, 0.5) is 5.13 Å². The number of carbonyl (C=O) groups is 1. The minimum absolute atomic E-state index is 0.477. The van der Waals surface area contributed by atoms with Crippen LogP contribution in [-0.4, -0.2) is 37.4 Å². The SMILES string of the molecule is Cc1ccc(-c2nn(-c3ccc(CN)cc3)c3c2CCc2nc(NC(=O)CO)sc2-3)cn1. The second kappa shape index (κ2) is 8.27. The van der Waals surface area contributed by atoms with Crippen LogP contribution in [0.3, 0.4) is 0 Å². The molecule has 0 unspecified atom stereocenters. The van der Waals surface area contributed by atoms with Crippen molar-refractivity contribution < 1.29 is 9.90 Å². The zero-order chi connectivity index (χ0) is 22.2. The van der Waals surface area contributed by atoms with Crippen molar-refractivity contribution in [2.75, 3.05) is 11.9 Å². The number of hydrogen-bond donors (Lipinski definition) is 3. The summed E-state index contributed by atoms with van der Waals surface area (Å²) >= 11 is 1.40. The summed E-state index contributed by atoms with van der Waals surface area (Å²) in [7, 11) is 0. The Morgan fingerprint density at radius 1 is 1.22 bits per heavy atom. The predicted octanol–water partition coefficient (Wildman–Crippen LogP) is 2.85. The lowest BCUT2D eigenvalue weighted by Gasteiger charge is -2.14. The Kier molecular flexibility index (Phi) is 5.30. The number of aliphatic hydroxyl groups excluding tert-OH is 1. The van der Waals surface area contributed by atoms with Gasteiger partial charge >= 0.3 is 0 Å². The third-order valence-electron chi connectivity index (χ3n) is 5.50. The number of pyridine rings is 1. The summed E-state index contributed by atoms with van der Waals surface area (Å²) in [5.41, 5.74) is 13.6. The summed E-state index contributed by atoms with van der Waals surface area (Å²) in [5.74, 6) is -0.478. The molecule has 0 aliphatic heterocycles. The molecule has 1 aromatic carbocycles. The highest BCUT2D eigenvalue weighted by Gasteiger charge is 2.30. The highest BCUT2D eigenvalue weighted by molar-refractivity contribution is 7.19. The summed E-state index contributed by atoms with van der Waals surface area (Å²) in [5, 5.41) is 17.2. The van der Waals surface area contributed by atoms with E-state index in [1.54, 1.807) is 0 Å². The molecule has 0 bridgehead atoms. The molecule has 1 aliphatic rings. The molecule has 0 saturated carbocycles. The zero-order valence-corrected chi connectivity index (χ0v) is 18.3. The van der Waals surface area contributed by atoms with Crippen molar-refractivity contribution in [1.82, 2.24) is 19.7 Å². The second-order valence-corrected chi connectivity index (χ2v) is 8.65. The van der Waals surface area contributed by atoms with Crippen LogP contribution in [0, 0.1) is 6.92 Å². The number of carbonyl (C=O) groups excluding carboxylic acids is 1. The molecule has 1 aliphatic carbocycles. The van der Waals surface area contributed by atoms with Gasteiger partial charge in [-0.15, -0.1) is 0 Å². The fourth-order valence-electron chi connectivity index (χ4n) is 3.88. The van der Waals surface area contributed by atoms with Crippen molar-refractivity contribution in [2.45, 2.75) is 26.3 Å². The molecule has 162 valence electrons. The number of rotatable bonds is 5. The van der Waals surface area contributed by atoms with Gasteiger partial charge in [0.2, 0.25) is 0 Å². The van der Waals surface area contributed by atoms with Gasteiger partial charge in [-0.05, 0) is 49.6 Å². The Balaban J connectivity index is 1.69. The normalized spacial score (nSPS) is 12.3. The van der Waals surface area contributed by atoms with E-state index in [-0.39, 0.29) is 0 Å². The summed E-state index contributed by atoms with van der Waals surface area (Å²) < 4.78 is 1.94. The number of benzene rings is 1. The average molecular weight is 447 g/mol. The van der Waals surface area contributed by atoms with E-state index in [0.717, 1.165) is 62.9 Å². The molecule has 3 heterocycles. The lowest BCUT2D eigenvalue weighted by Crippen LogP contribution is -2.15. The Morgan fingerprint density at radius 2 is 2.03 bits per heavy atom. The number of fused-ring (bicyclic) bond motifs is 3. The molecule has 1 amide bonds. The lowest BCUT2D eigenvalue weighted by atomic mass is 9.95. The summed E-state index contributed by atoms with van der Waals surface area (Å²) in [6.07, 6.45) is 3.39. The van der Waals surface area contributed by atoms with Crippen molar-refractivity contribution in [3.05, 3.63) is 65.1 Å². The number of nitrogens with zero attached hydrogens (tertiary/aromatic N) is 4. The number of aryl methyl sites for hydroxylation is 2. The smallest absolute Gasteiger partial charge is 0.251 e. The number of aliphatic hydroxyl groups is 1. The van der Waals surface area contributed by atoms with Crippen LogP contribution in [0.2, 0.25) is 0 Å². The number of anilines is 1. The molecule has 0 fully saturated rings. The van der Waals surface area contributed by atoms with Crippen molar-refractivity contribution >= 4 is 22.4 Å². The van der Waals surface area contributed by atoms with Gasteiger partial charge in [0.25, 0.3) is 5.91 Å². The van der Waals surface area contributed by atoms with E-state index in [9.17, 15) is 4.79 Å². The molecule has 32 heavy (non-hydrogen) atoms.